The van der Waals surface area contributed by atoms with Crippen LogP contribution in [0.4, 0.5) is 0 Å². The lowest BCUT2D eigenvalue weighted by atomic mass is 10.2. The average molecular weight is 357 g/mol. The normalized spacial score (nSPS) is 10.7. The lowest BCUT2D eigenvalue weighted by Crippen LogP contribution is -2.36. The molecule has 0 aliphatic carbocycles. The Morgan fingerprint density at radius 2 is 1.90 bits per heavy atom. The first-order valence-corrected chi connectivity index (χ1v) is 7.57. The van der Waals surface area contributed by atoms with Crippen LogP contribution in [0.1, 0.15) is 18.4 Å². The zero-order valence-electron chi connectivity index (χ0n) is 12.4. The molecule has 0 radical (unpaired) electrons. The van der Waals surface area contributed by atoms with Crippen molar-refractivity contribution >= 4 is 27.8 Å². The number of aliphatic carboxylic acids is 1. The number of carbonyl (C=O) groups excluding carboxylic acids is 1. The summed E-state index contributed by atoms with van der Waals surface area (Å²) >= 11 is 3.47. The van der Waals surface area contributed by atoms with E-state index in [0.29, 0.717) is 26.1 Å². The van der Waals surface area contributed by atoms with E-state index in [1.165, 1.54) is 0 Å². The summed E-state index contributed by atoms with van der Waals surface area (Å²) in [6, 6.07) is 7.80. The van der Waals surface area contributed by atoms with Crippen LogP contribution in [-0.2, 0) is 16.1 Å². The predicted molar refractivity (Wildman–Crippen MR) is 85.0 cm³/mol. The highest BCUT2D eigenvalue weighted by molar-refractivity contribution is 9.10. The van der Waals surface area contributed by atoms with E-state index in [9.17, 15) is 9.59 Å². The van der Waals surface area contributed by atoms with Gasteiger partial charge in [0.1, 0.15) is 0 Å². The molecule has 1 aromatic rings. The maximum Gasteiger partial charge on any atom is 0.303 e. The number of nitrogens with zero attached hydrogens (tertiary/aromatic N) is 2. The van der Waals surface area contributed by atoms with Gasteiger partial charge in [-0.25, -0.2) is 0 Å². The van der Waals surface area contributed by atoms with Crippen molar-refractivity contribution in [1.82, 2.24) is 9.80 Å². The van der Waals surface area contributed by atoms with Gasteiger partial charge in [-0.05, 0) is 31.6 Å². The van der Waals surface area contributed by atoms with Gasteiger partial charge in [-0.3, -0.25) is 14.5 Å². The molecule has 0 fully saturated rings. The molecule has 0 heterocycles. The van der Waals surface area contributed by atoms with E-state index >= 15 is 0 Å². The number of carboxylic acids is 1. The number of halogens is 1. The monoisotopic (exact) mass is 356 g/mol. The number of hydrogen-bond acceptors (Lipinski definition) is 3. The number of carboxylic acid groups (broad SMARTS) is 1. The van der Waals surface area contributed by atoms with Crippen LogP contribution in [0, 0.1) is 0 Å². The van der Waals surface area contributed by atoms with E-state index < -0.39 is 5.97 Å². The van der Waals surface area contributed by atoms with Crippen molar-refractivity contribution in [1.29, 1.82) is 0 Å². The van der Waals surface area contributed by atoms with Gasteiger partial charge in [-0.1, -0.05) is 34.1 Å². The number of hydrogen-bond donors (Lipinski definition) is 1. The number of rotatable bonds is 8. The Hall–Kier alpha value is -1.40. The number of benzene rings is 1. The summed E-state index contributed by atoms with van der Waals surface area (Å²) in [4.78, 5) is 26.1. The Kier molecular flexibility index (Phi) is 7.39. The van der Waals surface area contributed by atoms with E-state index in [4.69, 9.17) is 5.11 Å². The fourth-order valence-electron chi connectivity index (χ4n) is 1.90. The van der Waals surface area contributed by atoms with Gasteiger partial charge in [0.2, 0.25) is 5.91 Å². The molecule has 1 aromatic carbocycles. The van der Waals surface area contributed by atoms with Crippen molar-refractivity contribution in [2.24, 2.45) is 0 Å². The average Bonchev–Trinajstić information content (AvgIpc) is 2.40. The van der Waals surface area contributed by atoms with Crippen LogP contribution >= 0.6 is 15.9 Å². The lowest BCUT2D eigenvalue weighted by Gasteiger charge is -2.22. The number of carbonyl (C=O) groups is 2. The third-order valence-corrected chi connectivity index (χ3v) is 3.90. The molecule has 0 unspecified atom stereocenters. The Balaban J connectivity index is 2.40. The molecule has 0 bridgehead atoms. The summed E-state index contributed by atoms with van der Waals surface area (Å²) in [6.45, 7) is 1.44. The van der Waals surface area contributed by atoms with Crippen molar-refractivity contribution in [3.05, 3.63) is 34.3 Å². The zero-order chi connectivity index (χ0) is 15.8. The van der Waals surface area contributed by atoms with Crippen LogP contribution in [0.3, 0.4) is 0 Å². The first-order chi connectivity index (χ1) is 9.90. The summed E-state index contributed by atoms with van der Waals surface area (Å²) in [5.74, 6) is -0.788. The highest BCUT2D eigenvalue weighted by Gasteiger charge is 2.13. The highest BCUT2D eigenvalue weighted by Crippen LogP contribution is 2.17. The molecular formula is C15H21BrN2O3. The summed E-state index contributed by atoms with van der Waals surface area (Å²) < 4.78 is 0.986. The highest BCUT2D eigenvalue weighted by atomic mass is 79.9. The first kappa shape index (κ1) is 17.7. The van der Waals surface area contributed by atoms with Crippen molar-refractivity contribution in [2.75, 3.05) is 27.2 Å². The molecule has 0 aliphatic heterocycles. The number of likely N-dealkylation sites (N-methyl/N-ethyl adjacent to an activating group) is 2. The SMILES string of the molecule is CN(CCCC(=O)O)CC(=O)N(C)Cc1ccccc1Br. The molecule has 5 nitrogen and oxygen atoms in total. The van der Waals surface area contributed by atoms with Gasteiger partial charge in [-0.2, -0.15) is 0 Å². The Morgan fingerprint density at radius 3 is 2.52 bits per heavy atom. The molecule has 1 amide bonds. The van der Waals surface area contributed by atoms with E-state index in [0.717, 1.165) is 10.0 Å². The zero-order valence-corrected chi connectivity index (χ0v) is 14.0. The topological polar surface area (TPSA) is 60.9 Å². The van der Waals surface area contributed by atoms with Crippen LogP contribution in [0.15, 0.2) is 28.7 Å². The van der Waals surface area contributed by atoms with Gasteiger partial charge in [0.05, 0.1) is 6.54 Å². The quantitative estimate of drug-likeness (QED) is 0.775. The van der Waals surface area contributed by atoms with Gasteiger partial charge in [-0.15, -0.1) is 0 Å². The van der Waals surface area contributed by atoms with Gasteiger partial charge in [0.15, 0.2) is 0 Å². The Bertz CT molecular complexity index is 494. The molecule has 1 N–H and O–H groups in total. The second kappa shape index (κ2) is 8.79. The van der Waals surface area contributed by atoms with E-state index in [2.05, 4.69) is 15.9 Å². The van der Waals surface area contributed by atoms with Crippen LogP contribution in [0.25, 0.3) is 0 Å². The summed E-state index contributed by atoms with van der Waals surface area (Å²) in [7, 11) is 3.60. The van der Waals surface area contributed by atoms with Gasteiger partial charge < -0.3 is 10.0 Å². The van der Waals surface area contributed by atoms with Crippen molar-refractivity contribution < 1.29 is 14.7 Å². The molecule has 0 atom stereocenters. The minimum atomic E-state index is -0.805. The predicted octanol–water partition coefficient (Wildman–Crippen LogP) is 2.20. The molecule has 0 aliphatic rings. The molecule has 1 rings (SSSR count). The van der Waals surface area contributed by atoms with Crippen LogP contribution in [0.5, 0.6) is 0 Å². The van der Waals surface area contributed by atoms with Crippen molar-refractivity contribution in [3.8, 4) is 0 Å². The molecule has 116 valence electrons. The van der Waals surface area contributed by atoms with Crippen molar-refractivity contribution in [3.63, 3.8) is 0 Å². The number of amides is 1. The third-order valence-electron chi connectivity index (χ3n) is 3.13. The lowest BCUT2D eigenvalue weighted by molar-refractivity contribution is -0.137. The standard InChI is InChI=1S/C15H21BrN2O3/c1-17(9-5-8-15(20)21)11-14(19)18(2)10-12-6-3-4-7-13(12)16/h3-4,6-7H,5,8-11H2,1-2H3,(H,20,21). The Morgan fingerprint density at radius 1 is 1.24 bits per heavy atom. The van der Waals surface area contributed by atoms with E-state index in [1.807, 2.05) is 36.2 Å². The maximum absolute atomic E-state index is 12.1. The first-order valence-electron chi connectivity index (χ1n) is 6.78. The third kappa shape index (κ3) is 6.73. The molecule has 0 saturated heterocycles. The van der Waals surface area contributed by atoms with Crippen LogP contribution in [-0.4, -0.2) is 54.0 Å². The second-order valence-electron chi connectivity index (χ2n) is 5.08. The second-order valence-corrected chi connectivity index (χ2v) is 5.93. The van der Waals surface area contributed by atoms with E-state index in [-0.39, 0.29) is 12.3 Å². The molecule has 0 aromatic heterocycles. The van der Waals surface area contributed by atoms with Gasteiger partial charge >= 0.3 is 5.97 Å². The summed E-state index contributed by atoms with van der Waals surface area (Å²) in [5.41, 5.74) is 1.06. The summed E-state index contributed by atoms with van der Waals surface area (Å²) in [6.07, 6.45) is 0.679. The molecular weight excluding hydrogens is 336 g/mol. The summed E-state index contributed by atoms with van der Waals surface area (Å²) in [5, 5.41) is 8.59. The maximum atomic E-state index is 12.1. The van der Waals surface area contributed by atoms with E-state index in [1.54, 1.807) is 11.9 Å². The minimum Gasteiger partial charge on any atom is -0.481 e. The van der Waals surface area contributed by atoms with Crippen LogP contribution in [0.2, 0.25) is 0 Å². The Labute approximate surface area is 133 Å². The van der Waals surface area contributed by atoms with Gasteiger partial charge in [0, 0.05) is 24.5 Å². The largest absolute Gasteiger partial charge is 0.481 e. The fourth-order valence-corrected chi connectivity index (χ4v) is 2.31. The molecule has 21 heavy (non-hydrogen) atoms. The molecule has 6 heteroatoms. The molecule has 0 spiro atoms. The fraction of sp³-hybridized carbons (Fsp3) is 0.467. The molecule has 0 saturated carbocycles. The smallest absolute Gasteiger partial charge is 0.303 e. The van der Waals surface area contributed by atoms with Crippen molar-refractivity contribution in [2.45, 2.75) is 19.4 Å². The van der Waals surface area contributed by atoms with Gasteiger partial charge in [0.25, 0.3) is 0 Å². The minimum absolute atomic E-state index is 0.0172. The van der Waals surface area contributed by atoms with Crippen LogP contribution < -0.4 is 0 Å².